The molecule has 1 aromatic carbocycles. The van der Waals surface area contributed by atoms with Crippen molar-refractivity contribution in [2.75, 3.05) is 12.4 Å². The van der Waals surface area contributed by atoms with Crippen molar-refractivity contribution in [3.05, 3.63) is 23.5 Å². The number of nitrogens with one attached hydrogen (secondary N) is 1. The van der Waals surface area contributed by atoms with Crippen LogP contribution in [0.4, 0.5) is 10.1 Å². The average molecular weight is 227 g/mol. The largest absolute Gasteiger partial charge is 0.496 e. The van der Waals surface area contributed by atoms with Crippen LogP contribution in [0, 0.1) is 5.82 Å². The van der Waals surface area contributed by atoms with Crippen LogP contribution in [0.2, 0.25) is 0 Å². The van der Waals surface area contributed by atoms with E-state index in [-0.39, 0.29) is 11.4 Å². The first-order valence-electron chi connectivity index (χ1n) is 4.34. The van der Waals surface area contributed by atoms with Gasteiger partial charge in [-0.05, 0) is 12.1 Å². The third-order valence-electron chi connectivity index (χ3n) is 1.85. The Balaban J connectivity index is 3.41. The number of halogens is 1. The van der Waals surface area contributed by atoms with E-state index >= 15 is 0 Å². The highest BCUT2D eigenvalue weighted by Crippen LogP contribution is 2.29. The molecule has 86 valence electrons. The number of anilines is 1. The van der Waals surface area contributed by atoms with Gasteiger partial charge in [0.1, 0.15) is 17.1 Å². The van der Waals surface area contributed by atoms with Gasteiger partial charge in [0.15, 0.2) is 0 Å². The fourth-order valence-corrected chi connectivity index (χ4v) is 1.24. The van der Waals surface area contributed by atoms with Crippen LogP contribution >= 0.6 is 0 Å². The fourth-order valence-electron chi connectivity index (χ4n) is 1.24. The summed E-state index contributed by atoms with van der Waals surface area (Å²) in [7, 11) is 1.26. The van der Waals surface area contributed by atoms with E-state index in [1.54, 1.807) is 0 Å². The van der Waals surface area contributed by atoms with Crippen molar-refractivity contribution in [3.63, 3.8) is 0 Å². The summed E-state index contributed by atoms with van der Waals surface area (Å²) in [6, 6.07) is 2.21. The molecule has 1 amide bonds. The van der Waals surface area contributed by atoms with Crippen LogP contribution in [0.15, 0.2) is 12.1 Å². The van der Waals surface area contributed by atoms with Crippen LogP contribution in [-0.4, -0.2) is 24.1 Å². The number of carboxylic acids is 1. The van der Waals surface area contributed by atoms with Crippen molar-refractivity contribution >= 4 is 17.6 Å². The first-order chi connectivity index (χ1) is 7.47. The maximum Gasteiger partial charge on any atom is 0.341 e. The summed E-state index contributed by atoms with van der Waals surface area (Å²) in [5.41, 5.74) is -0.794. The maximum absolute atomic E-state index is 13.4. The zero-order valence-electron chi connectivity index (χ0n) is 8.70. The van der Waals surface area contributed by atoms with Crippen LogP contribution in [0.3, 0.4) is 0 Å². The second-order valence-corrected chi connectivity index (χ2v) is 2.99. The Kier molecular flexibility index (Phi) is 3.44. The van der Waals surface area contributed by atoms with Crippen LogP contribution < -0.4 is 10.1 Å². The first kappa shape index (κ1) is 12.0. The van der Waals surface area contributed by atoms with Gasteiger partial charge in [-0.15, -0.1) is 0 Å². The summed E-state index contributed by atoms with van der Waals surface area (Å²) in [4.78, 5) is 21.8. The molecule has 0 aliphatic rings. The third kappa shape index (κ3) is 2.28. The number of rotatable bonds is 3. The van der Waals surface area contributed by atoms with E-state index in [1.165, 1.54) is 13.2 Å². The molecule has 6 heteroatoms. The third-order valence-corrected chi connectivity index (χ3v) is 1.85. The molecule has 0 heterocycles. The highest BCUT2D eigenvalue weighted by Gasteiger charge is 2.20. The summed E-state index contributed by atoms with van der Waals surface area (Å²) in [6.45, 7) is 1.16. The van der Waals surface area contributed by atoms with E-state index in [4.69, 9.17) is 9.84 Å². The van der Waals surface area contributed by atoms with Gasteiger partial charge in [0.25, 0.3) is 0 Å². The van der Waals surface area contributed by atoms with E-state index < -0.39 is 23.3 Å². The Morgan fingerprint density at radius 2 is 2.06 bits per heavy atom. The Morgan fingerprint density at radius 1 is 1.44 bits per heavy atom. The lowest BCUT2D eigenvalue weighted by Gasteiger charge is -2.11. The predicted molar refractivity (Wildman–Crippen MR) is 54.2 cm³/mol. The molecule has 1 aromatic rings. The fraction of sp³-hybridized carbons (Fsp3) is 0.200. The number of hydrogen-bond donors (Lipinski definition) is 2. The molecule has 0 bridgehead atoms. The zero-order chi connectivity index (χ0) is 12.3. The van der Waals surface area contributed by atoms with Crippen LogP contribution in [-0.2, 0) is 4.79 Å². The minimum absolute atomic E-state index is 0.0161. The van der Waals surface area contributed by atoms with Crippen LogP contribution in [0.1, 0.15) is 17.3 Å². The minimum atomic E-state index is -1.37. The van der Waals surface area contributed by atoms with Gasteiger partial charge in [0.05, 0.1) is 12.8 Å². The molecule has 0 aliphatic heterocycles. The number of benzene rings is 1. The number of carboxylic acid groups (broad SMARTS) is 1. The van der Waals surface area contributed by atoms with Gasteiger partial charge in [-0.1, -0.05) is 0 Å². The predicted octanol–water partition coefficient (Wildman–Crippen LogP) is 1.49. The lowest BCUT2D eigenvalue weighted by atomic mass is 10.1. The van der Waals surface area contributed by atoms with E-state index in [1.807, 2.05) is 0 Å². The zero-order valence-corrected chi connectivity index (χ0v) is 8.70. The summed E-state index contributed by atoms with van der Waals surface area (Å²) < 4.78 is 18.1. The first-order valence-corrected chi connectivity index (χ1v) is 4.34. The molecule has 0 saturated heterocycles. The van der Waals surface area contributed by atoms with E-state index in [9.17, 15) is 14.0 Å². The number of carbonyl (C=O) groups excluding carboxylic acids is 1. The Bertz CT molecular complexity index is 445. The molecular formula is C10H10FNO4. The Hall–Kier alpha value is -2.11. The van der Waals surface area contributed by atoms with Gasteiger partial charge < -0.3 is 15.2 Å². The van der Waals surface area contributed by atoms with E-state index in [2.05, 4.69) is 5.32 Å². The summed E-state index contributed by atoms with van der Waals surface area (Å²) in [5.74, 6) is -2.78. The topological polar surface area (TPSA) is 75.6 Å². The van der Waals surface area contributed by atoms with Crippen molar-refractivity contribution in [2.45, 2.75) is 6.92 Å². The highest BCUT2D eigenvalue weighted by molar-refractivity contribution is 6.02. The number of methoxy groups -OCH3 is 1. The smallest absolute Gasteiger partial charge is 0.341 e. The highest BCUT2D eigenvalue weighted by atomic mass is 19.1. The van der Waals surface area contributed by atoms with Gasteiger partial charge in [-0.3, -0.25) is 4.79 Å². The lowest BCUT2D eigenvalue weighted by molar-refractivity contribution is -0.114. The molecule has 16 heavy (non-hydrogen) atoms. The second-order valence-electron chi connectivity index (χ2n) is 2.99. The Morgan fingerprint density at radius 3 is 2.50 bits per heavy atom. The summed E-state index contributed by atoms with van der Waals surface area (Å²) in [5, 5.41) is 11.0. The SMILES string of the molecule is COc1ccc(F)c(NC(C)=O)c1C(=O)O. The minimum Gasteiger partial charge on any atom is -0.496 e. The number of aromatic carboxylic acids is 1. The van der Waals surface area contributed by atoms with E-state index in [0.717, 1.165) is 13.0 Å². The number of ether oxygens (including phenoxy) is 1. The molecule has 0 unspecified atom stereocenters. The number of hydrogen-bond acceptors (Lipinski definition) is 3. The summed E-state index contributed by atoms with van der Waals surface area (Å²) >= 11 is 0. The van der Waals surface area contributed by atoms with Gasteiger partial charge >= 0.3 is 5.97 Å². The Labute approximate surface area is 90.8 Å². The molecular weight excluding hydrogens is 217 g/mol. The maximum atomic E-state index is 13.4. The summed E-state index contributed by atoms with van der Waals surface area (Å²) in [6.07, 6.45) is 0. The van der Waals surface area contributed by atoms with Gasteiger partial charge in [0, 0.05) is 6.92 Å². The molecule has 0 aliphatic carbocycles. The van der Waals surface area contributed by atoms with E-state index in [0.29, 0.717) is 0 Å². The molecule has 0 saturated carbocycles. The molecule has 1 rings (SSSR count). The van der Waals surface area contributed by atoms with Crippen LogP contribution in [0.5, 0.6) is 5.75 Å². The number of amides is 1. The van der Waals surface area contributed by atoms with Crippen molar-refractivity contribution in [1.29, 1.82) is 0 Å². The van der Waals surface area contributed by atoms with Crippen molar-refractivity contribution in [2.24, 2.45) is 0 Å². The molecule has 0 fully saturated rings. The monoisotopic (exact) mass is 227 g/mol. The second kappa shape index (κ2) is 4.61. The van der Waals surface area contributed by atoms with Crippen molar-refractivity contribution < 1.29 is 23.8 Å². The van der Waals surface area contributed by atoms with Gasteiger partial charge in [-0.25, -0.2) is 9.18 Å². The quantitative estimate of drug-likeness (QED) is 0.820. The standard InChI is InChI=1S/C10H10FNO4/c1-5(13)12-9-6(11)3-4-7(16-2)8(9)10(14)15/h3-4H,1-2H3,(H,12,13)(H,14,15). The average Bonchev–Trinajstić information content (AvgIpc) is 2.19. The molecule has 0 spiro atoms. The van der Waals surface area contributed by atoms with Crippen molar-refractivity contribution in [1.82, 2.24) is 0 Å². The van der Waals surface area contributed by atoms with Gasteiger partial charge in [0.2, 0.25) is 5.91 Å². The molecule has 0 aromatic heterocycles. The molecule has 5 nitrogen and oxygen atoms in total. The van der Waals surface area contributed by atoms with Crippen molar-refractivity contribution in [3.8, 4) is 5.75 Å². The lowest BCUT2D eigenvalue weighted by Crippen LogP contribution is -2.13. The molecule has 2 N–H and O–H groups in total. The number of carbonyl (C=O) groups is 2. The molecule has 0 atom stereocenters. The van der Waals surface area contributed by atoms with Crippen LogP contribution in [0.25, 0.3) is 0 Å². The normalized spacial score (nSPS) is 9.69. The molecule has 0 radical (unpaired) electrons. The van der Waals surface area contributed by atoms with Gasteiger partial charge in [-0.2, -0.15) is 0 Å².